The summed E-state index contributed by atoms with van der Waals surface area (Å²) in [5, 5.41) is 12.4. The fourth-order valence-corrected chi connectivity index (χ4v) is 4.01. The van der Waals surface area contributed by atoms with Crippen LogP contribution in [0.4, 0.5) is 5.82 Å². The highest BCUT2D eigenvalue weighted by Gasteiger charge is 2.28. The molecule has 0 atom stereocenters. The molecular formula is C13H12N4O2S. The number of hydrogen-bond donors (Lipinski definition) is 1. The number of benzene rings is 1. The summed E-state index contributed by atoms with van der Waals surface area (Å²) in [5.74, 6) is 0.729. The Morgan fingerprint density at radius 1 is 1.35 bits per heavy atom. The fraction of sp³-hybridized carbons (Fsp3) is 0.308. The van der Waals surface area contributed by atoms with E-state index in [0.717, 1.165) is 16.5 Å². The summed E-state index contributed by atoms with van der Waals surface area (Å²) in [5.41, 5.74) is 1.50. The average Bonchev–Trinajstić information content (AvgIpc) is 2.75. The molecule has 7 heteroatoms. The van der Waals surface area contributed by atoms with Gasteiger partial charge in [0.25, 0.3) is 0 Å². The van der Waals surface area contributed by atoms with Gasteiger partial charge in [-0.25, -0.2) is 18.4 Å². The molecule has 0 saturated carbocycles. The molecule has 20 heavy (non-hydrogen) atoms. The Balaban J connectivity index is 2.18. The zero-order valence-corrected chi connectivity index (χ0v) is 11.4. The molecule has 3 rings (SSSR count). The number of nitriles is 1. The molecule has 0 amide bonds. The van der Waals surface area contributed by atoms with Gasteiger partial charge in [0.2, 0.25) is 0 Å². The van der Waals surface area contributed by atoms with Crippen LogP contribution in [0.25, 0.3) is 10.9 Å². The summed E-state index contributed by atoms with van der Waals surface area (Å²) in [6.07, 6.45) is 2.28. The van der Waals surface area contributed by atoms with E-state index in [0.29, 0.717) is 30.1 Å². The monoisotopic (exact) mass is 288 g/mol. The number of fused-ring (bicyclic) bond motifs is 3. The molecule has 0 spiro atoms. The first kappa shape index (κ1) is 12.8. The van der Waals surface area contributed by atoms with E-state index < -0.39 is 9.84 Å². The van der Waals surface area contributed by atoms with Crippen LogP contribution in [0.5, 0.6) is 0 Å². The molecule has 0 fully saturated rings. The van der Waals surface area contributed by atoms with Crippen molar-refractivity contribution in [3.63, 3.8) is 0 Å². The Bertz CT molecular complexity index is 824. The third-order valence-corrected chi connectivity index (χ3v) is 5.15. The number of rotatable bonds is 3. The molecule has 102 valence electrons. The lowest BCUT2D eigenvalue weighted by molar-refractivity contribution is 0.600. The summed E-state index contributed by atoms with van der Waals surface area (Å²) in [6, 6.07) is 5.37. The largest absolute Gasteiger partial charge is 0.368 e. The lowest BCUT2D eigenvalue weighted by atomic mass is 10.1. The minimum absolute atomic E-state index is 0.133. The van der Waals surface area contributed by atoms with Gasteiger partial charge < -0.3 is 5.32 Å². The van der Waals surface area contributed by atoms with E-state index in [9.17, 15) is 8.42 Å². The van der Waals surface area contributed by atoms with E-state index in [-0.39, 0.29) is 5.75 Å². The Hall–Kier alpha value is -2.20. The average molecular weight is 288 g/mol. The fourth-order valence-electron chi connectivity index (χ4n) is 2.46. The molecule has 1 aromatic carbocycles. The lowest BCUT2D eigenvalue weighted by Crippen LogP contribution is -2.05. The Labute approximate surface area is 116 Å². The first-order valence-corrected chi connectivity index (χ1v) is 7.89. The number of aryl methyl sites for hydroxylation is 1. The zero-order chi connectivity index (χ0) is 14.2. The van der Waals surface area contributed by atoms with E-state index >= 15 is 0 Å². The summed E-state index contributed by atoms with van der Waals surface area (Å²) in [6.45, 7) is 0.471. The Kier molecular flexibility index (Phi) is 3.03. The number of aromatic nitrogens is 2. The van der Waals surface area contributed by atoms with Gasteiger partial charge in [0.15, 0.2) is 9.84 Å². The molecule has 6 nitrogen and oxygen atoms in total. The molecule has 0 aliphatic carbocycles. The van der Waals surface area contributed by atoms with Crippen molar-refractivity contribution in [2.75, 3.05) is 17.6 Å². The molecule has 2 aromatic rings. The van der Waals surface area contributed by atoms with Crippen molar-refractivity contribution in [3.8, 4) is 6.07 Å². The molecule has 1 aliphatic heterocycles. The Morgan fingerprint density at radius 3 is 3.00 bits per heavy atom. The van der Waals surface area contributed by atoms with E-state index in [1.807, 2.05) is 6.07 Å². The lowest BCUT2D eigenvalue weighted by Gasteiger charge is -2.09. The Morgan fingerprint density at radius 2 is 2.20 bits per heavy atom. The summed E-state index contributed by atoms with van der Waals surface area (Å²) >= 11 is 0. The van der Waals surface area contributed by atoms with Crippen LogP contribution < -0.4 is 5.32 Å². The van der Waals surface area contributed by atoms with Crippen LogP contribution >= 0.6 is 0 Å². The predicted molar refractivity (Wildman–Crippen MR) is 74.0 cm³/mol. The van der Waals surface area contributed by atoms with Crippen molar-refractivity contribution < 1.29 is 8.42 Å². The van der Waals surface area contributed by atoms with Crippen molar-refractivity contribution in [1.29, 1.82) is 5.26 Å². The maximum Gasteiger partial charge on any atom is 0.179 e. The molecule has 1 aliphatic rings. The van der Waals surface area contributed by atoms with E-state index in [2.05, 4.69) is 15.3 Å². The third-order valence-electron chi connectivity index (χ3n) is 3.35. The van der Waals surface area contributed by atoms with Gasteiger partial charge in [-0.1, -0.05) is 0 Å². The molecule has 0 radical (unpaired) electrons. The van der Waals surface area contributed by atoms with Gasteiger partial charge in [-0.2, -0.15) is 5.26 Å². The van der Waals surface area contributed by atoms with Gasteiger partial charge in [0, 0.05) is 11.9 Å². The molecule has 0 unspecified atom stereocenters. The van der Waals surface area contributed by atoms with Gasteiger partial charge >= 0.3 is 0 Å². The minimum Gasteiger partial charge on any atom is -0.368 e. The van der Waals surface area contributed by atoms with E-state index in [1.54, 1.807) is 12.1 Å². The van der Waals surface area contributed by atoms with Crippen LogP contribution in [0.1, 0.15) is 12.0 Å². The standard InChI is InChI=1S/C13H12N4O2S/c14-5-1-6-15-13-12-9-4-7-20(18,19)11(9)3-2-10(12)16-8-17-13/h2-3,8H,1,4,6-7H2,(H,15,16,17). The first-order valence-electron chi connectivity index (χ1n) is 6.23. The second-order valence-corrected chi connectivity index (χ2v) is 6.64. The van der Waals surface area contributed by atoms with Crippen molar-refractivity contribution in [3.05, 3.63) is 24.0 Å². The molecule has 0 saturated heterocycles. The number of hydrogen-bond acceptors (Lipinski definition) is 6. The minimum atomic E-state index is -3.17. The maximum atomic E-state index is 12.0. The molecule has 2 heterocycles. The topological polar surface area (TPSA) is 95.7 Å². The SMILES string of the molecule is N#CCCNc1ncnc2ccc3c(c12)CCS3(=O)=O. The number of sulfone groups is 1. The van der Waals surface area contributed by atoms with Gasteiger partial charge in [-0.05, 0) is 24.1 Å². The normalized spacial score (nSPS) is 15.8. The van der Waals surface area contributed by atoms with Gasteiger partial charge in [-0.15, -0.1) is 0 Å². The van der Waals surface area contributed by atoms with Crippen molar-refractivity contribution in [1.82, 2.24) is 9.97 Å². The molecule has 0 bridgehead atoms. The molecule has 1 N–H and O–H groups in total. The third kappa shape index (κ3) is 1.98. The summed E-state index contributed by atoms with van der Waals surface area (Å²) in [4.78, 5) is 8.74. The second-order valence-electron chi connectivity index (χ2n) is 4.56. The van der Waals surface area contributed by atoms with Crippen molar-refractivity contribution >= 4 is 26.6 Å². The van der Waals surface area contributed by atoms with Crippen LogP contribution in [0, 0.1) is 11.3 Å². The van der Waals surface area contributed by atoms with Gasteiger partial charge in [0.1, 0.15) is 12.1 Å². The van der Waals surface area contributed by atoms with Crippen LogP contribution in [0.2, 0.25) is 0 Å². The zero-order valence-electron chi connectivity index (χ0n) is 10.6. The van der Waals surface area contributed by atoms with Crippen molar-refractivity contribution in [2.24, 2.45) is 0 Å². The highest BCUT2D eigenvalue weighted by Crippen LogP contribution is 2.34. The predicted octanol–water partition coefficient (Wildman–Crippen LogP) is 1.29. The van der Waals surface area contributed by atoms with Crippen LogP contribution in [-0.4, -0.2) is 30.7 Å². The summed E-state index contributed by atoms with van der Waals surface area (Å²) < 4.78 is 23.9. The van der Waals surface area contributed by atoms with Gasteiger partial charge in [0.05, 0.1) is 28.7 Å². The van der Waals surface area contributed by atoms with Crippen molar-refractivity contribution in [2.45, 2.75) is 17.7 Å². The number of nitrogens with one attached hydrogen (secondary N) is 1. The highest BCUT2D eigenvalue weighted by atomic mass is 32.2. The maximum absolute atomic E-state index is 12.0. The van der Waals surface area contributed by atoms with E-state index in [1.165, 1.54) is 6.33 Å². The molecular weight excluding hydrogens is 276 g/mol. The number of nitrogens with zero attached hydrogens (tertiary/aromatic N) is 3. The number of anilines is 1. The smallest absolute Gasteiger partial charge is 0.179 e. The van der Waals surface area contributed by atoms with Crippen LogP contribution in [0.3, 0.4) is 0 Å². The summed E-state index contributed by atoms with van der Waals surface area (Å²) in [7, 11) is -3.17. The van der Waals surface area contributed by atoms with E-state index in [4.69, 9.17) is 5.26 Å². The van der Waals surface area contributed by atoms with Gasteiger partial charge in [-0.3, -0.25) is 0 Å². The first-order chi connectivity index (χ1) is 9.63. The van der Waals surface area contributed by atoms with Crippen LogP contribution in [0.15, 0.2) is 23.4 Å². The molecule has 1 aromatic heterocycles. The van der Waals surface area contributed by atoms with Crippen LogP contribution in [-0.2, 0) is 16.3 Å². The second kappa shape index (κ2) is 4.72. The quantitative estimate of drug-likeness (QED) is 0.855. The highest BCUT2D eigenvalue weighted by molar-refractivity contribution is 7.91.